The van der Waals surface area contributed by atoms with Gasteiger partial charge >= 0.3 is 0 Å². The van der Waals surface area contributed by atoms with E-state index in [0.29, 0.717) is 5.92 Å². The molecule has 1 aromatic heterocycles. The van der Waals surface area contributed by atoms with Crippen LogP contribution in [0.3, 0.4) is 0 Å². The normalized spacial score (nSPS) is 24.1. The molecule has 0 amide bonds. The summed E-state index contributed by atoms with van der Waals surface area (Å²) in [6.45, 7) is 7.09. The molecule has 20 heavy (non-hydrogen) atoms. The van der Waals surface area contributed by atoms with E-state index >= 15 is 0 Å². The van der Waals surface area contributed by atoms with Crippen LogP contribution in [0, 0.1) is 0 Å². The highest BCUT2D eigenvalue weighted by Gasteiger charge is 2.43. The van der Waals surface area contributed by atoms with Crippen molar-refractivity contribution >= 4 is 0 Å². The third-order valence-corrected chi connectivity index (χ3v) is 5.36. The summed E-state index contributed by atoms with van der Waals surface area (Å²) in [5.74, 6) is 0.570. The van der Waals surface area contributed by atoms with Gasteiger partial charge in [-0.1, -0.05) is 39.0 Å². The number of nitrogens with zero attached hydrogens (tertiary/aromatic N) is 1. The van der Waals surface area contributed by atoms with E-state index in [4.69, 9.17) is 0 Å². The van der Waals surface area contributed by atoms with E-state index in [1.807, 2.05) is 0 Å². The Hall–Kier alpha value is -1.63. The van der Waals surface area contributed by atoms with Crippen LogP contribution in [0.5, 0.6) is 0 Å². The molecule has 0 spiro atoms. The molecular weight excluding hydrogens is 242 g/mol. The molecule has 1 aromatic carbocycles. The Bertz CT molecular complexity index is 644. The number of aromatic nitrogens is 1. The minimum Gasteiger partial charge on any atom is -0.198 e. The second-order valence-electron chi connectivity index (χ2n) is 6.17. The summed E-state index contributed by atoms with van der Waals surface area (Å²) in [6.07, 6.45) is 2.34. The first kappa shape index (κ1) is 13.4. The van der Waals surface area contributed by atoms with Gasteiger partial charge in [-0.05, 0) is 30.5 Å². The second-order valence-corrected chi connectivity index (χ2v) is 6.17. The van der Waals surface area contributed by atoms with E-state index in [1.165, 1.54) is 35.4 Å². The van der Waals surface area contributed by atoms with Crippen molar-refractivity contribution in [2.45, 2.75) is 44.9 Å². The van der Waals surface area contributed by atoms with Gasteiger partial charge in [0.05, 0.1) is 5.92 Å². The molecule has 1 aliphatic heterocycles. The van der Waals surface area contributed by atoms with Crippen molar-refractivity contribution < 1.29 is 4.57 Å². The van der Waals surface area contributed by atoms with Gasteiger partial charge in [-0.3, -0.25) is 0 Å². The quantitative estimate of drug-likeness (QED) is 0.711. The summed E-state index contributed by atoms with van der Waals surface area (Å²) in [5, 5.41) is 0. The Morgan fingerprint density at radius 3 is 2.50 bits per heavy atom. The molecule has 1 aliphatic rings. The van der Waals surface area contributed by atoms with E-state index in [-0.39, 0.29) is 5.41 Å². The average molecular weight is 266 g/mol. The van der Waals surface area contributed by atoms with Gasteiger partial charge in [0.15, 0.2) is 5.69 Å². The molecule has 0 aliphatic carbocycles. The van der Waals surface area contributed by atoms with Crippen molar-refractivity contribution in [1.29, 1.82) is 0 Å². The first-order chi connectivity index (χ1) is 9.63. The number of pyridine rings is 1. The van der Waals surface area contributed by atoms with E-state index in [0.717, 1.165) is 0 Å². The molecule has 0 fully saturated rings. The minimum atomic E-state index is 0.208. The summed E-state index contributed by atoms with van der Waals surface area (Å²) in [5.41, 5.74) is 5.92. The van der Waals surface area contributed by atoms with Crippen molar-refractivity contribution in [2.75, 3.05) is 0 Å². The van der Waals surface area contributed by atoms with Gasteiger partial charge in [-0.25, -0.2) is 0 Å². The molecule has 3 rings (SSSR count). The van der Waals surface area contributed by atoms with Gasteiger partial charge < -0.3 is 0 Å². The van der Waals surface area contributed by atoms with Crippen molar-refractivity contribution in [3.8, 4) is 11.3 Å². The standard InChI is InChI=1S/C19H24N/c1-5-15-18-13-9-12-17(20(18)4)14-10-7-8-11-16(14)19(15,3)6-2/h7-13,15H,5-6H2,1-4H3/q+1. The number of hydrogen-bond acceptors (Lipinski definition) is 0. The van der Waals surface area contributed by atoms with Crippen LogP contribution in [0.1, 0.15) is 50.8 Å². The van der Waals surface area contributed by atoms with E-state index in [1.54, 1.807) is 0 Å². The summed E-state index contributed by atoms with van der Waals surface area (Å²) in [4.78, 5) is 0. The topological polar surface area (TPSA) is 3.88 Å². The van der Waals surface area contributed by atoms with Gasteiger partial charge in [0.1, 0.15) is 7.05 Å². The SMILES string of the molecule is CCC1c2cccc([n+]2C)-c2ccccc2C1(C)CC. The van der Waals surface area contributed by atoms with Crippen LogP contribution in [0.2, 0.25) is 0 Å². The monoisotopic (exact) mass is 266 g/mol. The zero-order valence-electron chi connectivity index (χ0n) is 13.0. The number of benzene rings is 1. The van der Waals surface area contributed by atoms with Crippen molar-refractivity contribution in [3.05, 3.63) is 53.7 Å². The zero-order valence-corrected chi connectivity index (χ0v) is 13.0. The molecule has 0 saturated heterocycles. The molecule has 2 atom stereocenters. The third-order valence-electron chi connectivity index (χ3n) is 5.36. The summed E-state index contributed by atoms with van der Waals surface area (Å²) in [6, 6.07) is 15.7. The Morgan fingerprint density at radius 2 is 1.80 bits per heavy atom. The molecule has 0 radical (unpaired) electrons. The molecular formula is C19H24N+. The Balaban J connectivity index is 2.42. The van der Waals surface area contributed by atoms with Crippen LogP contribution in [0.15, 0.2) is 42.5 Å². The minimum absolute atomic E-state index is 0.208. The maximum atomic E-state index is 2.44. The highest BCUT2D eigenvalue weighted by molar-refractivity contribution is 5.64. The number of rotatable bonds is 2. The van der Waals surface area contributed by atoms with Crippen LogP contribution in [-0.4, -0.2) is 0 Å². The Morgan fingerprint density at radius 1 is 1.05 bits per heavy atom. The van der Waals surface area contributed by atoms with Crippen LogP contribution in [-0.2, 0) is 12.5 Å². The van der Waals surface area contributed by atoms with E-state index < -0.39 is 0 Å². The molecule has 2 aromatic rings. The first-order valence-electron chi connectivity index (χ1n) is 7.72. The molecule has 0 N–H and O–H groups in total. The van der Waals surface area contributed by atoms with E-state index in [9.17, 15) is 0 Å². The smallest absolute Gasteiger partial charge is 0.198 e. The largest absolute Gasteiger partial charge is 0.212 e. The highest BCUT2D eigenvalue weighted by atomic mass is 15.0. The predicted molar refractivity (Wildman–Crippen MR) is 83.7 cm³/mol. The van der Waals surface area contributed by atoms with Crippen LogP contribution < -0.4 is 4.57 Å². The van der Waals surface area contributed by atoms with E-state index in [2.05, 4.69) is 74.9 Å². The van der Waals surface area contributed by atoms with Gasteiger partial charge in [0, 0.05) is 23.1 Å². The lowest BCUT2D eigenvalue weighted by atomic mass is 9.67. The first-order valence-corrected chi connectivity index (χ1v) is 7.72. The lowest BCUT2D eigenvalue weighted by Gasteiger charge is -2.34. The molecule has 1 nitrogen and oxygen atoms in total. The predicted octanol–water partition coefficient (Wildman–Crippen LogP) is 4.35. The maximum absolute atomic E-state index is 2.44. The van der Waals surface area contributed by atoms with Crippen LogP contribution in [0.25, 0.3) is 11.3 Å². The fourth-order valence-corrected chi connectivity index (χ4v) is 4.04. The molecule has 104 valence electrons. The number of hydrogen-bond donors (Lipinski definition) is 0. The molecule has 2 bridgehead atoms. The summed E-state index contributed by atoms with van der Waals surface area (Å²) >= 11 is 0. The van der Waals surface area contributed by atoms with Crippen LogP contribution >= 0.6 is 0 Å². The lowest BCUT2D eigenvalue weighted by Crippen LogP contribution is -2.39. The average Bonchev–Trinajstić information content (AvgIpc) is 2.52. The second kappa shape index (κ2) is 4.73. The molecule has 2 unspecified atom stereocenters. The zero-order chi connectivity index (χ0) is 14.3. The van der Waals surface area contributed by atoms with Gasteiger partial charge in [-0.15, -0.1) is 0 Å². The fourth-order valence-electron chi connectivity index (χ4n) is 4.04. The van der Waals surface area contributed by atoms with Gasteiger partial charge in [-0.2, -0.15) is 4.57 Å². The third kappa shape index (κ3) is 1.65. The Kier molecular flexibility index (Phi) is 3.16. The van der Waals surface area contributed by atoms with Gasteiger partial charge in [0.2, 0.25) is 5.69 Å². The maximum Gasteiger partial charge on any atom is 0.212 e. The molecule has 0 saturated carbocycles. The van der Waals surface area contributed by atoms with Crippen molar-refractivity contribution in [2.24, 2.45) is 7.05 Å². The number of fused-ring (bicyclic) bond motifs is 4. The van der Waals surface area contributed by atoms with Crippen LogP contribution in [0.4, 0.5) is 0 Å². The Labute approximate surface area is 122 Å². The highest BCUT2D eigenvalue weighted by Crippen LogP contribution is 2.47. The van der Waals surface area contributed by atoms with Crippen molar-refractivity contribution in [3.63, 3.8) is 0 Å². The van der Waals surface area contributed by atoms with Gasteiger partial charge in [0.25, 0.3) is 0 Å². The molecule has 1 heteroatoms. The lowest BCUT2D eigenvalue weighted by molar-refractivity contribution is -0.669. The summed E-state index contributed by atoms with van der Waals surface area (Å²) in [7, 11) is 2.21. The summed E-state index contributed by atoms with van der Waals surface area (Å²) < 4.78 is 2.40. The molecule has 2 heterocycles. The fraction of sp³-hybridized carbons (Fsp3) is 0.421. The van der Waals surface area contributed by atoms with Crippen molar-refractivity contribution in [1.82, 2.24) is 0 Å².